The lowest BCUT2D eigenvalue weighted by atomic mass is 10.1. The number of rotatable bonds is 10. The number of aromatic nitrogens is 2. The van der Waals surface area contributed by atoms with Crippen LogP contribution in [0.15, 0.2) is 39.9 Å². The number of hydrogen-bond donors (Lipinski definition) is 0. The lowest BCUT2D eigenvalue weighted by molar-refractivity contribution is -0.384. The van der Waals surface area contributed by atoms with E-state index in [0.717, 1.165) is 36.1 Å². The summed E-state index contributed by atoms with van der Waals surface area (Å²) in [4.78, 5) is 36.4. The zero-order valence-electron chi connectivity index (χ0n) is 17.3. The highest BCUT2D eigenvalue weighted by molar-refractivity contribution is 5.32. The van der Waals surface area contributed by atoms with Gasteiger partial charge < -0.3 is 9.30 Å². The number of aryl methyl sites for hydroxylation is 1. The molecule has 1 aromatic heterocycles. The second-order valence-electron chi connectivity index (χ2n) is 7.02. The molecule has 0 aliphatic heterocycles. The number of methoxy groups -OCH3 is 1. The van der Waals surface area contributed by atoms with Crippen LogP contribution in [0.25, 0.3) is 0 Å². The lowest BCUT2D eigenvalue weighted by Gasteiger charge is -2.28. The van der Waals surface area contributed by atoms with Crippen LogP contribution in [0.5, 0.6) is 0 Å². The van der Waals surface area contributed by atoms with Crippen LogP contribution in [-0.4, -0.2) is 45.4 Å². The molecule has 0 fully saturated rings. The standard InChI is InChI=1S/C20H28N4O5/c1-15(29-4)23(13-11-16-7-9-17(10-8-16)24(27)28)12-5-6-18-14-19(25)22(3)20(26)21(18)2/h7-10,14-15H,5-6,11-13H2,1-4H3. The minimum Gasteiger partial charge on any atom is -0.367 e. The highest BCUT2D eigenvalue weighted by Crippen LogP contribution is 2.13. The minimum absolute atomic E-state index is 0.0791. The molecule has 2 rings (SSSR count). The maximum atomic E-state index is 12.0. The number of nitro groups is 1. The van der Waals surface area contributed by atoms with Crippen molar-refractivity contribution < 1.29 is 9.66 Å². The van der Waals surface area contributed by atoms with Crippen LogP contribution in [-0.2, 0) is 31.7 Å². The van der Waals surface area contributed by atoms with E-state index in [2.05, 4.69) is 4.90 Å². The Bertz CT molecular complexity index is 949. The van der Waals surface area contributed by atoms with E-state index in [1.165, 1.54) is 29.8 Å². The first-order chi connectivity index (χ1) is 13.7. The van der Waals surface area contributed by atoms with E-state index >= 15 is 0 Å². The molecule has 2 aromatic rings. The topological polar surface area (TPSA) is 99.6 Å². The van der Waals surface area contributed by atoms with E-state index < -0.39 is 4.92 Å². The van der Waals surface area contributed by atoms with Crippen LogP contribution in [0.1, 0.15) is 24.6 Å². The molecule has 0 bridgehead atoms. The summed E-state index contributed by atoms with van der Waals surface area (Å²) in [5, 5.41) is 10.8. The molecular weight excluding hydrogens is 376 g/mol. The van der Waals surface area contributed by atoms with Crippen molar-refractivity contribution in [3.8, 4) is 0 Å². The van der Waals surface area contributed by atoms with E-state index in [0.29, 0.717) is 12.1 Å². The third-order valence-corrected chi connectivity index (χ3v) is 5.19. The Balaban J connectivity index is 1.98. The number of ether oxygens (including phenoxy) is 1. The Morgan fingerprint density at radius 3 is 2.34 bits per heavy atom. The highest BCUT2D eigenvalue weighted by atomic mass is 16.6. The van der Waals surface area contributed by atoms with Crippen molar-refractivity contribution in [1.29, 1.82) is 0 Å². The molecule has 9 heteroatoms. The van der Waals surface area contributed by atoms with Gasteiger partial charge >= 0.3 is 5.69 Å². The summed E-state index contributed by atoms with van der Waals surface area (Å²) >= 11 is 0. The molecule has 0 aliphatic rings. The van der Waals surface area contributed by atoms with Crippen LogP contribution < -0.4 is 11.2 Å². The third-order valence-electron chi connectivity index (χ3n) is 5.19. The van der Waals surface area contributed by atoms with E-state index in [9.17, 15) is 19.7 Å². The van der Waals surface area contributed by atoms with Gasteiger partial charge in [0.2, 0.25) is 0 Å². The molecule has 158 valence electrons. The Morgan fingerprint density at radius 1 is 1.10 bits per heavy atom. The van der Waals surface area contributed by atoms with Crippen LogP contribution in [0.2, 0.25) is 0 Å². The van der Waals surface area contributed by atoms with Gasteiger partial charge in [-0.15, -0.1) is 0 Å². The van der Waals surface area contributed by atoms with Gasteiger partial charge in [-0.3, -0.25) is 24.4 Å². The summed E-state index contributed by atoms with van der Waals surface area (Å²) in [5.74, 6) is 0. The monoisotopic (exact) mass is 404 g/mol. The van der Waals surface area contributed by atoms with E-state index in [4.69, 9.17) is 4.74 Å². The summed E-state index contributed by atoms with van der Waals surface area (Å²) < 4.78 is 8.05. The van der Waals surface area contributed by atoms with Gasteiger partial charge in [-0.2, -0.15) is 0 Å². The lowest BCUT2D eigenvalue weighted by Crippen LogP contribution is -2.39. The first-order valence-electron chi connectivity index (χ1n) is 9.50. The summed E-state index contributed by atoms with van der Waals surface area (Å²) in [6.45, 7) is 3.41. The van der Waals surface area contributed by atoms with Crippen molar-refractivity contribution in [2.24, 2.45) is 14.1 Å². The minimum atomic E-state index is -0.409. The summed E-state index contributed by atoms with van der Waals surface area (Å²) in [6.07, 6.45) is 2.00. The van der Waals surface area contributed by atoms with Crippen LogP contribution in [0.4, 0.5) is 5.69 Å². The van der Waals surface area contributed by atoms with Crippen molar-refractivity contribution in [2.45, 2.75) is 32.4 Å². The zero-order valence-corrected chi connectivity index (χ0v) is 17.3. The number of benzene rings is 1. The summed E-state index contributed by atoms with van der Waals surface area (Å²) in [5.41, 5.74) is 1.17. The molecule has 0 radical (unpaired) electrons. The third kappa shape index (κ3) is 5.85. The van der Waals surface area contributed by atoms with Crippen molar-refractivity contribution in [2.75, 3.05) is 20.2 Å². The highest BCUT2D eigenvalue weighted by Gasteiger charge is 2.14. The van der Waals surface area contributed by atoms with Crippen LogP contribution in [0, 0.1) is 10.1 Å². The number of nitro benzene ring substituents is 1. The number of non-ortho nitro benzene ring substituents is 1. The maximum Gasteiger partial charge on any atom is 0.330 e. The molecule has 0 amide bonds. The van der Waals surface area contributed by atoms with Gasteiger partial charge in [0.1, 0.15) is 6.23 Å². The van der Waals surface area contributed by atoms with Gasteiger partial charge in [-0.25, -0.2) is 4.79 Å². The molecule has 29 heavy (non-hydrogen) atoms. The van der Waals surface area contributed by atoms with Gasteiger partial charge in [0.25, 0.3) is 11.2 Å². The van der Waals surface area contributed by atoms with E-state index in [-0.39, 0.29) is 23.2 Å². The molecule has 0 saturated carbocycles. The summed E-state index contributed by atoms with van der Waals surface area (Å²) in [6, 6.07) is 8.06. The van der Waals surface area contributed by atoms with Gasteiger partial charge in [-0.1, -0.05) is 12.1 Å². The molecule has 1 unspecified atom stereocenters. The Labute approximate surface area is 169 Å². The molecular formula is C20H28N4O5. The SMILES string of the molecule is COC(C)N(CCCc1cc(=O)n(C)c(=O)n1C)CCc1ccc([N+](=O)[O-])cc1. The predicted octanol–water partition coefficient (Wildman–Crippen LogP) is 1.46. The van der Waals surface area contributed by atoms with E-state index in [1.54, 1.807) is 26.3 Å². The molecule has 1 atom stereocenters. The predicted molar refractivity (Wildman–Crippen MR) is 110 cm³/mol. The van der Waals surface area contributed by atoms with Gasteiger partial charge in [-0.05, 0) is 31.7 Å². The van der Waals surface area contributed by atoms with Crippen molar-refractivity contribution >= 4 is 5.69 Å². The molecule has 1 heterocycles. The Morgan fingerprint density at radius 2 is 1.76 bits per heavy atom. The summed E-state index contributed by atoms with van der Waals surface area (Å²) in [7, 11) is 4.78. The second kappa shape index (κ2) is 10.1. The average molecular weight is 404 g/mol. The quantitative estimate of drug-likeness (QED) is 0.338. The molecule has 0 aliphatic carbocycles. The molecule has 1 aromatic carbocycles. The largest absolute Gasteiger partial charge is 0.367 e. The zero-order chi connectivity index (χ0) is 21.6. The van der Waals surface area contributed by atoms with Crippen LogP contribution in [0.3, 0.4) is 0 Å². The second-order valence-corrected chi connectivity index (χ2v) is 7.02. The van der Waals surface area contributed by atoms with Gasteiger partial charge in [0, 0.05) is 58.2 Å². The van der Waals surface area contributed by atoms with Crippen molar-refractivity contribution in [3.63, 3.8) is 0 Å². The Kier molecular flexibility index (Phi) is 7.86. The van der Waals surface area contributed by atoms with E-state index in [1.807, 2.05) is 6.92 Å². The molecule has 0 saturated heterocycles. The first-order valence-corrected chi connectivity index (χ1v) is 9.50. The molecule has 9 nitrogen and oxygen atoms in total. The first kappa shape index (κ1) is 22.5. The van der Waals surface area contributed by atoms with Crippen molar-refractivity contribution in [3.05, 3.63) is 72.5 Å². The van der Waals surface area contributed by atoms with Crippen LogP contribution >= 0.6 is 0 Å². The van der Waals surface area contributed by atoms with Crippen molar-refractivity contribution in [1.82, 2.24) is 14.0 Å². The number of nitrogens with zero attached hydrogens (tertiary/aromatic N) is 4. The fourth-order valence-electron chi connectivity index (χ4n) is 3.16. The maximum absolute atomic E-state index is 12.0. The molecule has 0 spiro atoms. The average Bonchev–Trinajstić information content (AvgIpc) is 2.72. The smallest absolute Gasteiger partial charge is 0.330 e. The molecule has 0 N–H and O–H groups in total. The van der Waals surface area contributed by atoms with Gasteiger partial charge in [0.15, 0.2) is 0 Å². The fourth-order valence-corrected chi connectivity index (χ4v) is 3.16. The number of hydrogen-bond acceptors (Lipinski definition) is 6. The fraction of sp³-hybridized carbons (Fsp3) is 0.500. The normalized spacial score (nSPS) is 12.3. The Hall–Kier alpha value is -2.78. The van der Waals surface area contributed by atoms with Gasteiger partial charge in [0.05, 0.1) is 4.92 Å².